The van der Waals surface area contributed by atoms with Gasteiger partial charge in [0, 0.05) is 5.92 Å². The number of hydrogen-bond acceptors (Lipinski definition) is 3. The standard InChI is InChI=1S/C13H16N2O2S.Na.H/c1-2-8-13(9-6-4-3-5-7-9)10(16)14-12(18)15-11(13)17;;/h2,4,6,9H,1,3,5,7-8H2,(H2,14,15,16,17,18);;. The van der Waals surface area contributed by atoms with Gasteiger partial charge >= 0.3 is 29.6 Å². The number of carbonyl (C=O) groups excluding carboxylic acids is 2. The number of hydrogen-bond donors (Lipinski definition) is 2. The van der Waals surface area contributed by atoms with Crippen LogP contribution in [0.3, 0.4) is 0 Å². The maximum atomic E-state index is 12.3. The molecule has 1 heterocycles. The van der Waals surface area contributed by atoms with Gasteiger partial charge in [0.05, 0.1) is 0 Å². The van der Waals surface area contributed by atoms with E-state index in [1.807, 2.05) is 12.2 Å². The molecule has 2 N–H and O–H groups in total. The zero-order chi connectivity index (χ0) is 13.2. The molecule has 1 aliphatic heterocycles. The van der Waals surface area contributed by atoms with Crippen LogP contribution in [0.2, 0.25) is 0 Å². The van der Waals surface area contributed by atoms with E-state index < -0.39 is 5.41 Å². The molecule has 1 unspecified atom stereocenters. The van der Waals surface area contributed by atoms with Gasteiger partial charge in [0.15, 0.2) is 5.11 Å². The summed E-state index contributed by atoms with van der Waals surface area (Å²) in [5.41, 5.74) is -1.10. The summed E-state index contributed by atoms with van der Waals surface area (Å²) < 4.78 is 0. The summed E-state index contributed by atoms with van der Waals surface area (Å²) >= 11 is 4.84. The summed E-state index contributed by atoms with van der Waals surface area (Å²) in [7, 11) is 0. The van der Waals surface area contributed by atoms with Crippen molar-refractivity contribution in [2.24, 2.45) is 11.3 Å². The van der Waals surface area contributed by atoms with Gasteiger partial charge in [-0.3, -0.25) is 9.59 Å². The van der Waals surface area contributed by atoms with Crippen LogP contribution < -0.4 is 10.6 Å². The van der Waals surface area contributed by atoms with E-state index in [-0.39, 0.29) is 52.4 Å². The van der Waals surface area contributed by atoms with E-state index in [1.54, 1.807) is 6.08 Å². The molecule has 0 aromatic carbocycles. The van der Waals surface area contributed by atoms with E-state index in [1.165, 1.54) is 0 Å². The Balaban J connectivity index is 0.00000180. The van der Waals surface area contributed by atoms with Crippen molar-refractivity contribution >= 4 is 58.7 Å². The fourth-order valence-corrected chi connectivity index (χ4v) is 2.87. The van der Waals surface area contributed by atoms with Crippen LogP contribution in [-0.4, -0.2) is 46.5 Å². The quantitative estimate of drug-likeness (QED) is 0.349. The van der Waals surface area contributed by atoms with E-state index in [0.717, 1.165) is 19.3 Å². The molecule has 98 valence electrons. The first-order valence-electron chi connectivity index (χ1n) is 6.05. The Morgan fingerprint density at radius 1 is 1.42 bits per heavy atom. The molecule has 1 saturated heterocycles. The second-order valence-electron chi connectivity index (χ2n) is 4.67. The predicted molar refractivity (Wildman–Crippen MR) is 79.8 cm³/mol. The molecule has 2 rings (SSSR count). The third kappa shape index (κ3) is 2.99. The van der Waals surface area contributed by atoms with Crippen molar-refractivity contribution in [3.05, 3.63) is 24.8 Å². The van der Waals surface area contributed by atoms with Crippen molar-refractivity contribution < 1.29 is 9.59 Å². The monoisotopic (exact) mass is 288 g/mol. The number of carbonyl (C=O) groups is 2. The average Bonchev–Trinajstić information content (AvgIpc) is 2.35. The van der Waals surface area contributed by atoms with Gasteiger partial charge in [-0.05, 0) is 37.9 Å². The van der Waals surface area contributed by atoms with Gasteiger partial charge in [0.2, 0.25) is 11.8 Å². The minimum atomic E-state index is -1.10. The van der Waals surface area contributed by atoms with Gasteiger partial charge < -0.3 is 10.6 Å². The number of amides is 2. The average molecular weight is 288 g/mol. The second kappa shape index (κ2) is 6.79. The number of thiocarbonyl (C=S) groups is 1. The summed E-state index contributed by atoms with van der Waals surface area (Å²) in [6, 6.07) is 0. The minimum absolute atomic E-state index is 0. The molecule has 0 bridgehead atoms. The van der Waals surface area contributed by atoms with Crippen molar-refractivity contribution in [3.63, 3.8) is 0 Å². The van der Waals surface area contributed by atoms with Gasteiger partial charge in [0.25, 0.3) is 0 Å². The van der Waals surface area contributed by atoms with Crippen LogP contribution in [0.15, 0.2) is 24.8 Å². The topological polar surface area (TPSA) is 58.2 Å². The molecule has 6 heteroatoms. The van der Waals surface area contributed by atoms with Gasteiger partial charge in [-0.15, -0.1) is 6.58 Å². The van der Waals surface area contributed by atoms with Crippen LogP contribution in [0.1, 0.15) is 25.7 Å². The van der Waals surface area contributed by atoms with Crippen molar-refractivity contribution in [2.45, 2.75) is 25.7 Å². The van der Waals surface area contributed by atoms with Crippen molar-refractivity contribution in [1.29, 1.82) is 0 Å². The van der Waals surface area contributed by atoms with Crippen LogP contribution >= 0.6 is 12.2 Å². The van der Waals surface area contributed by atoms with Crippen molar-refractivity contribution in [1.82, 2.24) is 10.6 Å². The van der Waals surface area contributed by atoms with E-state index in [9.17, 15) is 9.59 Å². The Morgan fingerprint density at radius 3 is 2.53 bits per heavy atom. The van der Waals surface area contributed by atoms with E-state index in [2.05, 4.69) is 17.2 Å². The molecule has 1 atom stereocenters. The zero-order valence-electron chi connectivity index (χ0n) is 10.1. The van der Waals surface area contributed by atoms with Crippen molar-refractivity contribution in [3.8, 4) is 0 Å². The van der Waals surface area contributed by atoms with Crippen molar-refractivity contribution in [2.75, 3.05) is 0 Å². The summed E-state index contributed by atoms with van der Waals surface area (Å²) in [6.07, 6.45) is 8.77. The van der Waals surface area contributed by atoms with E-state index in [0.29, 0.717) is 6.42 Å². The predicted octanol–water partition coefficient (Wildman–Crippen LogP) is 0.788. The fourth-order valence-electron chi connectivity index (χ4n) is 2.69. The summed E-state index contributed by atoms with van der Waals surface area (Å²) in [4.78, 5) is 24.6. The normalized spacial score (nSPS) is 25.1. The summed E-state index contributed by atoms with van der Waals surface area (Å²) in [6.45, 7) is 3.67. The SMILES string of the molecule is C=CCC1(C2C=CCCC2)C(=O)NC(=S)NC1=O.[NaH]. The molecule has 19 heavy (non-hydrogen) atoms. The molecule has 2 amide bonds. The van der Waals surface area contributed by atoms with Crippen LogP contribution in [0.5, 0.6) is 0 Å². The van der Waals surface area contributed by atoms with Crippen LogP contribution in [-0.2, 0) is 9.59 Å². The first-order chi connectivity index (χ1) is 8.61. The molecule has 1 fully saturated rings. The van der Waals surface area contributed by atoms with Gasteiger partial charge in [-0.2, -0.15) is 0 Å². The molecular formula is C13H17N2NaO2S. The van der Waals surface area contributed by atoms with Crippen LogP contribution in [0.25, 0.3) is 0 Å². The molecule has 1 aliphatic carbocycles. The maximum absolute atomic E-state index is 12.3. The van der Waals surface area contributed by atoms with Gasteiger partial charge in [-0.1, -0.05) is 18.2 Å². The van der Waals surface area contributed by atoms with Crippen LogP contribution in [0.4, 0.5) is 0 Å². The number of nitrogens with one attached hydrogen (secondary N) is 2. The van der Waals surface area contributed by atoms with Crippen LogP contribution in [0, 0.1) is 11.3 Å². The Kier molecular flexibility index (Phi) is 5.92. The zero-order valence-corrected chi connectivity index (χ0v) is 10.9. The Bertz CT molecular complexity index is 428. The first kappa shape index (κ1) is 16.6. The number of allylic oxidation sites excluding steroid dienone is 3. The summed E-state index contributed by atoms with van der Waals surface area (Å²) in [5.74, 6) is -0.715. The molecule has 4 nitrogen and oxygen atoms in total. The fraction of sp³-hybridized carbons (Fsp3) is 0.462. The Labute approximate surface area is 140 Å². The van der Waals surface area contributed by atoms with E-state index >= 15 is 0 Å². The second-order valence-corrected chi connectivity index (χ2v) is 5.08. The molecule has 0 aromatic heterocycles. The first-order valence-corrected chi connectivity index (χ1v) is 6.46. The molecule has 0 saturated carbocycles. The molecule has 0 spiro atoms. The molecule has 0 aromatic rings. The summed E-state index contributed by atoms with van der Waals surface area (Å²) in [5, 5.41) is 5.21. The Hall–Kier alpha value is -0.490. The molecular weight excluding hydrogens is 271 g/mol. The number of rotatable bonds is 3. The Morgan fingerprint density at radius 2 is 2.05 bits per heavy atom. The van der Waals surface area contributed by atoms with E-state index in [4.69, 9.17) is 12.2 Å². The third-order valence-electron chi connectivity index (χ3n) is 3.62. The molecule has 2 aliphatic rings. The van der Waals surface area contributed by atoms with Gasteiger partial charge in [-0.25, -0.2) is 0 Å². The molecule has 0 radical (unpaired) electrons. The van der Waals surface area contributed by atoms with Gasteiger partial charge in [0.1, 0.15) is 5.41 Å². The third-order valence-corrected chi connectivity index (χ3v) is 3.82.